The van der Waals surface area contributed by atoms with E-state index in [0.29, 0.717) is 5.56 Å². The lowest BCUT2D eigenvalue weighted by Crippen LogP contribution is -2.23. The van der Waals surface area contributed by atoms with Crippen LogP contribution in [0.15, 0.2) is 41.6 Å². The number of sulfonamides is 1. The predicted molar refractivity (Wildman–Crippen MR) is 74.9 cm³/mol. The van der Waals surface area contributed by atoms with E-state index in [2.05, 4.69) is 14.9 Å². The maximum atomic E-state index is 11.9. The van der Waals surface area contributed by atoms with Crippen molar-refractivity contribution in [1.29, 1.82) is 0 Å². The number of hydrogen-bond acceptors (Lipinski definition) is 4. The summed E-state index contributed by atoms with van der Waals surface area (Å²) in [6, 6.07) is 7.09. The quantitative estimate of drug-likeness (QED) is 0.698. The fourth-order valence-corrected chi connectivity index (χ4v) is 2.53. The van der Waals surface area contributed by atoms with Crippen molar-refractivity contribution in [3.05, 3.63) is 47.8 Å². The van der Waals surface area contributed by atoms with Crippen molar-refractivity contribution < 1.29 is 8.42 Å². The Hall–Kier alpha value is -1.77. The number of aromatic amines is 1. The minimum Gasteiger partial charge on any atom is -0.389 e. The number of benzene rings is 1. The Morgan fingerprint density at radius 1 is 1.47 bits per heavy atom. The minimum absolute atomic E-state index is 0.0954. The third-order valence-corrected chi connectivity index (χ3v) is 4.07. The Morgan fingerprint density at radius 2 is 2.26 bits per heavy atom. The van der Waals surface area contributed by atoms with Crippen LogP contribution in [-0.4, -0.2) is 23.6 Å². The van der Waals surface area contributed by atoms with Gasteiger partial charge in [-0.2, -0.15) is 5.10 Å². The van der Waals surface area contributed by atoms with Crippen LogP contribution in [0.4, 0.5) is 0 Å². The van der Waals surface area contributed by atoms with E-state index in [-0.39, 0.29) is 16.4 Å². The van der Waals surface area contributed by atoms with Gasteiger partial charge in [0.25, 0.3) is 0 Å². The fourth-order valence-electron chi connectivity index (χ4n) is 1.48. The van der Waals surface area contributed by atoms with Crippen LogP contribution in [0.25, 0.3) is 0 Å². The summed E-state index contributed by atoms with van der Waals surface area (Å²) in [5, 5.41) is 6.06. The molecule has 0 radical (unpaired) electrons. The summed E-state index contributed by atoms with van der Waals surface area (Å²) in [5.74, 6) is 0. The van der Waals surface area contributed by atoms with Gasteiger partial charge in [-0.15, -0.1) is 0 Å². The molecule has 0 aliphatic carbocycles. The maximum Gasteiger partial charge on any atom is 0.243 e. The number of thiocarbonyl (C=S) groups is 1. The second-order valence-corrected chi connectivity index (χ2v) is 6.03. The van der Waals surface area contributed by atoms with Crippen molar-refractivity contribution in [3.63, 3.8) is 0 Å². The highest BCUT2D eigenvalue weighted by atomic mass is 32.2. The highest BCUT2D eigenvalue weighted by Crippen LogP contribution is 2.08. The number of nitrogens with one attached hydrogen (secondary N) is 2. The van der Waals surface area contributed by atoms with Gasteiger partial charge < -0.3 is 5.73 Å². The fraction of sp³-hybridized carbons (Fsp3) is 0.0909. The predicted octanol–water partition coefficient (Wildman–Crippen LogP) is 0.522. The molecule has 8 heteroatoms. The van der Waals surface area contributed by atoms with Crippen LogP contribution in [0, 0.1) is 0 Å². The van der Waals surface area contributed by atoms with E-state index in [4.69, 9.17) is 18.0 Å². The lowest BCUT2D eigenvalue weighted by atomic mass is 10.1. The number of H-pyrrole nitrogens is 1. The highest BCUT2D eigenvalue weighted by Gasteiger charge is 2.14. The molecule has 0 saturated heterocycles. The minimum atomic E-state index is -3.56. The van der Waals surface area contributed by atoms with Gasteiger partial charge in [0.05, 0.1) is 6.20 Å². The molecule has 100 valence electrons. The summed E-state index contributed by atoms with van der Waals surface area (Å²) in [7, 11) is -3.56. The van der Waals surface area contributed by atoms with Crippen LogP contribution in [0.5, 0.6) is 0 Å². The molecule has 19 heavy (non-hydrogen) atoms. The molecule has 0 spiro atoms. The monoisotopic (exact) mass is 296 g/mol. The molecule has 2 aromatic rings. The standard InChI is InChI=1S/C11H12N4O2S2/c12-11(18)9-3-1-2-8(4-9)5-15-19(16,17)10-6-13-14-7-10/h1-4,6-7,15H,5H2,(H2,12,18)(H,13,14). The zero-order valence-electron chi connectivity index (χ0n) is 9.83. The van der Waals surface area contributed by atoms with Gasteiger partial charge in [-0.3, -0.25) is 5.10 Å². The lowest BCUT2D eigenvalue weighted by molar-refractivity contribution is 0.581. The van der Waals surface area contributed by atoms with Crippen LogP contribution in [0.2, 0.25) is 0 Å². The summed E-state index contributed by atoms with van der Waals surface area (Å²) < 4.78 is 26.2. The van der Waals surface area contributed by atoms with E-state index in [1.807, 2.05) is 0 Å². The average molecular weight is 296 g/mol. The molecule has 0 aliphatic heterocycles. The number of nitrogens with zero attached hydrogens (tertiary/aromatic N) is 1. The van der Waals surface area contributed by atoms with Gasteiger partial charge in [-0.05, 0) is 11.6 Å². The van der Waals surface area contributed by atoms with Crippen LogP contribution < -0.4 is 10.5 Å². The summed E-state index contributed by atoms with van der Waals surface area (Å²) in [4.78, 5) is 0.373. The average Bonchev–Trinajstić information content (AvgIpc) is 2.91. The van der Waals surface area contributed by atoms with Crippen LogP contribution >= 0.6 is 12.2 Å². The molecule has 0 fully saturated rings. The van der Waals surface area contributed by atoms with Gasteiger partial charge in [0.1, 0.15) is 9.88 Å². The number of hydrogen-bond donors (Lipinski definition) is 3. The molecule has 0 aliphatic rings. The Labute approximate surface area is 116 Å². The van der Waals surface area contributed by atoms with E-state index in [9.17, 15) is 8.42 Å². The molecule has 4 N–H and O–H groups in total. The molecule has 1 heterocycles. The topological polar surface area (TPSA) is 101 Å². The third-order valence-electron chi connectivity index (χ3n) is 2.46. The summed E-state index contributed by atoms with van der Waals surface area (Å²) in [5.41, 5.74) is 7.00. The van der Waals surface area contributed by atoms with E-state index in [1.165, 1.54) is 12.4 Å². The Kier molecular flexibility index (Phi) is 3.93. The lowest BCUT2D eigenvalue weighted by Gasteiger charge is -2.06. The van der Waals surface area contributed by atoms with Gasteiger partial charge >= 0.3 is 0 Å². The summed E-state index contributed by atoms with van der Waals surface area (Å²) in [6.07, 6.45) is 2.56. The molecule has 0 atom stereocenters. The van der Waals surface area contributed by atoms with E-state index in [1.54, 1.807) is 24.3 Å². The third kappa shape index (κ3) is 3.37. The Bertz CT molecular complexity index is 680. The smallest absolute Gasteiger partial charge is 0.243 e. The largest absolute Gasteiger partial charge is 0.389 e. The number of nitrogens with two attached hydrogens (primary N) is 1. The molecule has 0 saturated carbocycles. The molecule has 0 unspecified atom stereocenters. The molecule has 6 nitrogen and oxygen atoms in total. The van der Waals surface area contributed by atoms with Crippen molar-refractivity contribution in [2.75, 3.05) is 0 Å². The van der Waals surface area contributed by atoms with Crippen LogP contribution in [-0.2, 0) is 16.6 Å². The van der Waals surface area contributed by atoms with Crippen molar-refractivity contribution in [2.24, 2.45) is 5.73 Å². The first kappa shape index (κ1) is 13.7. The molecule has 0 bridgehead atoms. The van der Waals surface area contributed by atoms with Crippen LogP contribution in [0.3, 0.4) is 0 Å². The summed E-state index contributed by atoms with van der Waals surface area (Å²) in [6.45, 7) is 0.157. The molecule has 0 amide bonds. The summed E-state index contributed by atoms with van der Waals surface area (Å²) >= 11 is 4.87. The molecular formula is C11H12N4O2S2. The molecule has 1 aromatic carbocycles. The normalized spacial score (nSPS) is 11.4. The van der Waals surface area contributed by atoms with E-state index >= 15 is 0 Å². The Balaban J connectivity index is 2.11. The van der Waals surface area contributed by atoms with Crippen molar-refractivity contribution in [1.82, 2.24) is 14.9 Å². The first-order chi connectivity index (χ1) is 8.99. The molecule has 1 aromatic heterocycles. The van der Waals surface area contributed by atoms with Gasteiger partial charge in [0.2, 0.25) is 10.0 Å². The number of aromatic nitrogens is 2. The van der Waals surface area contributed by atoms with Crippen molar-refractivity contribution in [3.8, 4) is 0 Å². The second kappa shape index (κ2) is 5.47. The Morgan fingerprint density at radius 3 is 2.89 bits per heavy atom. The van der Waals surface area contributed by atoms with Crippen molar-refractivity contribution in [2.45, 2.75) is 11.4 Å². The van der Waals surface area contributed by atoms with Gasteiger partial charge in [0.15, 0.2) is 0 Å². The highest BCUT2D eigenvalue weighted by molar-refractivity contribution is 7.89. The second-order valence-electron chi connectivity index (χ2n) is 3.82. The zero-order chi connectivity index (χ0) is 13.9. The SMILES string of the molecule is NC(=S)c1cccc(CNS(=O)(=O)c2cn[nH]c2)c1. The van der Waals surface area contributed by atoms with Crippen molar-refractivity contribution >= 4 is 27.2 Å². The van der Waals surface area contributed by atoms with E-state index < -0.39 is 10.0 Å². The van der Waals surface area contributed by atoms with Gasteiger partial charge in [-0.25, -0.2) is 13.1 Å². The zero-order valence-corrected chi connectivity index (χ0v) is 11.5. The number of rotatable bonds is 5. The maximum absolute atomic E-state index is 11.9. The van der Waals surface area contributed by atoms with E-state index in [0.717, 1.165) is 5.56 Å². The van der Waals surface area contributed by atoms with Gasteiger partial charge in [0, 0.05) is 18.3 Å². The molecule has 2 rings (SSSR count). The first-order valence-electron chi connectivity index (χ1n) is 5.36. The van der Waals surface area contributed by atoms with Crippen LogP contribution in [0.1, 0.15) is 11.1 Å². The van der Waals surface area contributed by atoms with Gasteiger partial charge in [-0.1, -0.05) is 30.4 Å². The first-order valence-corrected chi connectivity index (χ1v) is 7.25. The molecular weight excluding hydrogens is 284 g/mol.